The van der Waals surface area contributed by atoms with E-state index in [1.54, 1.807) is 24.3 Å². The number of phenols is 2. The Labute approximate surface area is 186 Å². The number of ether oxygens (including phenoxy) is 1. The summed E-state index contributed by atoms with van der Waals surface area (Å²) in [6, 6.07) is 24.4. The van der Waals surface area contributed by atoms with Crippen LogP contribution in [0.3, 0.4) is 0 Å². The maximum absolute atomic E-state index is 9.64. The first-order valence-electron chi connectivity index (χ1n) is 10.4. The fourth-order valence-corrected chi connectivity index (χ4v) is 3.76. The molecule has 6 heteroatoms. The smallest absolute Gasteiger partial charge is 0.196 e. The van der Waals surface area contributed by atoms with Crippen molar-refractivity contribution in [3.63, 3.8) is 0 Å². The number of nitrogens with zero attached hydrogens (tertiary/aromatic N) is 2. The number of fused-ring (bicyclic) bond motifs is 1. The van der Waals surface area contributed by atoms with Crippen molar-refractivity contribution in [3.8, 4) is 11.5 Å². The minimum Gasteiger partial charge on any atom is -0.508 e. The van der Waals surface area contributed by atoms with Crippen molar-refractivity contribution < 1.29 is 14.9 Å². The van der Waals surface area contributed by atoms with E-state index in [9.17, 15) is 10.2 Å². The molecule has 160 valence electrons. The number of hydrogen-bond donors (Lipinski definition) is 3. The first-order chi connectivity index (χ1) is 15.6. The van der Waals surface area contributed by atoms with Crippen LogP contribution in [0.15, 0.2) is 102 Å². The molecule has 2 heterocycles. The lowest BCUT2D eigenvalue weighted by Gasteiger charge is -2.34. The van der Waals surface area contributed by atoms with Gasteiger partial charge < -0.3 is 20.3 Å². The lowest BCUT2D eigenvalue weighted by molar-refractivity contribution is 0.164. The quantitative estimate of drug-likeness (QED) is 0.567. The van der Waals surface area contributed by atoms with Crippen LogP contribution < -0.4 is 5.32 Å². The Balaban J connectivity index is 1.48. The van der Waals surface area contributed by atoms with Gasteiger partial charge in [0.05, 0.1) is 11.4 Å². The number of aliphatic imine (C=N–C) groups is 1. The van der Waals surface area contributed by atoms with E-state index in [4.69, 9.17) is 9.73 Å². The summed E-state index contributed by atoms with van der Waals surface area (Å²) in [7, 11) is 0. The second kappa shape index (κ2) is 8.51. The zero-order valence-electron chi connectivity index (χ0n) is 17.4. The molecular formula is C26H23N3O3. The average molecular weight is 425 g/mol. The zero-order chi connectivity index (χ0) is 21.9. The van der Waals surface area contributed by atoms with Gasteiger partial charge in [0.1, 0.15) is 11.5 Å². The van der Waals surface area contributed by atoms with Gasteiger partial charge in [0.15, 0.2) is 18.4 Å². The number of aromatic hydroxyl groups is 2. The molecule has 32 heavy (non-hydrogen) atoms. The van der Waals surface area contributed by atoms with Gasteiger partial charge in [-0.15, -0.1) is 0 Å². The number of allylic oxidation sites excluding steroid dienone is 1. The Hall–Kier alpha value is -4.19. The summed E-state index contributed by atoms with van der Waals surface area (Å²) in [5, 5.41) is 22.7. The molecule has 3 N–H and O–H groups in total. The molecule has 0 aliphatic carbocycles. The van der Waals surface area contributed by atoms with Crippen LogP contribution in [-0.4, -0.2) is 27.7 Å². The van der Waals surface area contributed by atoms with Crippen molar-refractivity contribution >= 4 is 11.6 Å². The highest BCUT2D eigenvalue weighted by atomic mass is 16.5. The first kappa shape index (κ1) is 19.8. The molecule has 3 aromatic rings. The molecule has 0 atom stereocenters. The van der Waals surface area contributed by atoms with E-state index in [1.807, 2.05) is 53.6 Å². The molecule has 0 amide bonds. The molecule has 3 aromatic carbocycles. The van der Waals surface area contributed by atoms with Crippen LogP contribution in [0.5, 0.6) is 11.5 Å². The highest BCUT2D eigenvalue weighted by Gasteiger charge is 2.26. The number of phenolic OH excluding ortho intramolecular Hbond substituents is 2. The molecule has 0 saturated heterocycles. The molecule has 0 aromatic heterocycles. The SMILES string of the molecule is Oc1ccc(CC2=NC3=C(Cc4ccccc4)NC(c4ccc(O)cc4)=CN3CO2)cc1. The van der Waals surface area contributed by atoms with E-state index in [-0.39, 0.29) is 11.5 Å². The van der Waals surface area contributed by atoms with Crippen molar-refractivity contribution in [2.75, 3.05) is 6.73 Å². The average Bonchev–Trinajstić information content (AvgIpc) is 2.82. The van der Waals surface area contributed by atoms with Gasteiger partial charge in [-0.2, -0.15) is 4.99 Å². The van der Waals surface area contributed by atoms with Crippen molar-refractivity contribution in [2.24, 2.45) is 4.99 Å². The molecule has 5 rings (SSSR count). The zero-order valence-corrected chi connectivity index (χ0v) is 17.4. The van der Waals surface area contributed by atoms with Crippen molar-refractivity contribution in [1.29, 1.82) is 0 Å². The number of rotatable bonds is 5. The minimum absolute atomic E-state index is 0.232. The molecule has 2 aliphatic rings. The monoisotopic (exact) mass is 425 g/mol. The standard InChI is InChI=1S/C26H23N3O3/c30-21-10-6-19(7-11-21)15-25-28-26-23(14-18-4-2-1-3-5-18)27-24(16-29(26)17-32-25)20-8-12-22(31)13-9-20/h1-13,16,27,30-31H,14-15,17H2. The van der Waals surface area contributed by atoms with Gasteiger partial charge in [0, 0.05) is 19.0 Å². The molecule has 0 bridgehead atoms. The van der Waals surface area contributed by atoms with Gasteiger partial charge in [-0.3, -0.25) is 4.90 Å². The normalized spacial score (nSPS) is 15.3. The Bertz CT molecular complexity index is 1200. The summed E-state index contributed by atoms with van der Waals surface area (Å²) in [5.41, 5.74) is 5.06. The third-order valence-corrected chi connectivity index (χ3v) is 5.41. The lowest BCUT2D eigenvalue weighted by Crippen LogP contribution is -2.36. The summed E-state index contributed by atoms with van der Waals surface area (Å²) >= 11 is 0. The van der Waals surface area contributed by atoms with E-state index < -0.39 is 0 Å². The third-order valence-electron chi connectivity index (χ3n) is 5.41. The molecule has 0 spiro atoms. The molecule has 0 unspecified atom stereocenters. The highest BCUT2D eigenvalue weighted by molar-refractivity contribution is 5.81. The van der Waals surface area contributed by atoms with E-state index >= 15 is 0 Å². The Kier molecular flexibility index (Phi) is 5.25. The minimum atomic E-state index is 0.232. The third kappa shape index (κ3) is 4.30. The van der Waals surface area contributed by atoms with E-state index in [2.05, 4.69) is 17.4 Å². The van der Waals surface area contributed by atoms with Crippen molar-refractivity contribution in [3.05, 3.63) is 113 Å². The molecular weight excluding hydrogens is 402 g/mol. The predicted octanol–water partition coefficient (Wildman–Crippen LogP) is 4.34. The van der Waals surface area contributed by atoms with Gasteiger partial charge in [-0.25, -0.2) is 0 Å². The van der Waals surface area contributed by atoms with Gasteiger partial charge in [0.2, 0.25) is 0 Å². The Morgan fingerprint density at radius 3 is 2.19 bits per heavy atom. The maximum atomic E-state index is 9.64. The van der Waals surface area contributed by atoms with Gasteiger partial charge >= 0.3 is 0 Å². The molecule has 0 fully saturated rings. The van der Waals surface area contributed by atoms with Crippen LogP contribution in [0.4, 0.5) is 0 Å². The summed E-state index contributed by atoms with van der Waals surface area (Å²) in [6.45, 7) is 0.355. The van der Waals surface area contributed by atoms with E-state index in [0.29, 0.717) is 25.5 Å². The number of nitrogens with one attached hydrogen (secondary N) is 1. The molecule has 6 nitrogen and oxygen atoms in total. The highest BCUT2D eigenvalue weighted by Crippen LogP contribution is 2.29. The van der Waals surface area contributed by atoms with Crippen molar-refractivity contribution in [2.45, 2.75) is 12.8 Å². The Morgan fingerprint density at radius 1 is 0.812 bits per heavy atom. The summed E-state index contributed by atoms with van der Waals surface area (Å²) in [6.07, 6.45) is 3.22. The Morgan fingerprint density at radius 2 is 1.47 bits per heavy atom. The fourth-order valence-electron chi connectivity index (χ4n) is 3.76. The van der Waals surface area contributed by atoms with E-state index in [0.717, 1.165) is 28.3 Å². The van der Waals surface area contributed by atoms with Gasteiger partial charge in [-0.05, 0) is 53.1 Å². The topological polar surface area (TPSA) is 77.3 Å². The second-order valence-corrected chi connectivity index (χ2v) is 7.77. The fraction of sp³-hybridized carbons (Fsp3) is 0.115. The second-order valence-electron chi connectivity index (χ2n) is 7.77. The summed E-state index contributed by atoms with van der Waals surface area (Å²) < 4.78 is 5.95. The maximum Gasteiger partial charge on any atom is 0.196 e. The number of benzene rings is 3. The molecule has 2 aliphatic heterocycles. The van der Waals surface area contributed by atoms with Crippen LogP contribution in [-0.2, 0) is 17.6 Å². The summed E-state index contributed by atoms with van der Waals surface area (Å²) in [5.74, 6) is 1.94. The van der Waals surface area contributed by atoms with E-state index in [1.165, 1.54) is 5.56 Å². The van der Waals surface area contributed by atoms with Crippen LogP contribution in [0, 0.1) is 0 Å². The first-order valence-corrected chi connectivity index (χ1v) is 10.4. The predicted molar refractivity (Wildman–Crippen MR) is 123 cm³/mol. The lowest BCUT2D eigenvalue weighted by atomic mass is 10.1. The van der Waals surface area contributed by atoms with Gasteiger partial charge in [0.25, 0.3) is 0 Å². The number of hydrogen-bond acceptors (Lipinski definition) is 6. The van der Waals surface area contributed by atoms with Crippen LogP contribution in [0.2, 0.25) is 0 Å². The van der Waals surface area contributed by atoms with Crippen LogP contribution in [0.1, 0.15) is 16.7 Å². The summed E-state index contributed by atoms with van der Waals surface area (Å²) in [4.78, 5) is 6.83. The molecule has 0 radical (unpaired) electrons. The van der Waals surface area contributed by atoms with Crippen molar-refractivity contribution in [1.82, 2.24) is 10.2 Å². The van der Waals surface area contributed by atoms with Gasteiger partial charge in [-0.1, -0.05) is 42.5 Å². The van der Waals surface area contributed by atoms with Crippen LogP contribution >= 0.6 is 0 Å². The van der Waals surface area contributed by atoms with Crippen LogP contribution in [0.25, 0.3) is 5.70 Å². The largest absolute Gasteiger partial charge is 0.508 e. The molecule has 0 saturated carbocycles.